The fourth-order valence-corrected chi connectivity index (χ4v) is 5.72. The molecule has 0 aliphatic carbocycles. The van der Waals surface area contributed by atoms with Crippen LogP contribution >= 0.6 is 0 Å². The molecule has 3 amide bonds. The van der Waals surface area contributed by atoms with E-state index in [4.69, 9.17) is 0 Å². The van der Waals surface area contributed by atoms with Gasteiger partial charge < -0.3 is 20.1 Å². The number of aromatic amines is 1. The van der Waals surface area contributed by atoms with Crippen molar-refractivity contribution in [3.8, 4) is 6.07 Å². The molecule has 0 bridgehead atoms. The molecular formula is C29H30FN5O3. The number of anilines is 1. The Balaban J connectivity index is 1.46. The van der Waals surface area contributed by atoms with E-state index in [9.17, 15) is 24.0 Å². The normalized spacial score (nSPS) is 21.0. The number of H-pyrrole nitrogens is 1. The lowest BCUT2D eigenvalue weighted by Gasteiger charge is -2.32. The van der Waals surface area contributed by atoms with Crippen LogP contribution < -0.4 is 5.32 Å². The first kappa shape index (κ1) is 25.5. The van der Waals surface area contributed by atoms with E-state index < -0.39 is 29.2 Å². The Morgan fingerprint density at radius 2 is 1.97 bits per heavy atom. The number of aromatic nitrogens is 1. The molecular weight excluding hydrogens is 485 g/mol. The maximum absolute atomic E-state index is 14.3. The van der Waals surface area contributed by atoms with Gasteiger partial charge in [-0.25, -0.2) is 4.39 Å². The smallest absolute Gasteiger partial charge is 0.270 e. The molecule has 3 heterocycles. The lowest BCUT2D eigenvalue weighted by molar-refractivity contribution is -0.136. The van der Waals surface area contributed by atoms with E-state index in [0.717, 1.165) is 5.56 Å². The Labute approximate surface area is 220 Å². The summed E-state index contributed by atoms with van der Waals surface area (Å²) in [5.41, 5.74) is 1.13. The molecule has 196 valence electrons. The van der Waals surface area contributed by atoms with Crippen molar-refractivity contribution in [3.63, 3.8) is 0 Å². The molecule has 0 radical (unpaired) electrons. The van der Waals surface area contributed by atoms with Crippen molar-refractivity contribution in [3.05, 3.63) is 65.6 Å². The highest BCUT2D eigenvalue weighted by atomic mass is 19.1. The molecule has 3 atom stereocenters. The van der Waals surface area contributed by atoms with Gasteiger partial charge in [-0.05, 0) is 48.6 Å². The number of halogens is 1. The molecule has 3 aromatic rings. The number of nitrogens with one attached hydrogen (secondary N) is 2. The molecule has 5 rings (SSSR count). The number of para-hydroxylation sites is 1. The molecule has 1 aromatic heterocycles. The van der Waals surface area contributed by atoms with Crippen LogP contribution in [0.25, 0.3) is 10.9 Å². The Kier molecular flexibility index (Phi) is 6.43. The van der Waals surface area contributed by atoms with Crippen molar-refractivity contribution in [1.82, 2.24) is 14.8 Å². The first-order valence-electron chi connectivity index (χ1n) is 12.8. The number of hydrogen-bond donors (Lipinski definition) is 2. The van der Waals surface area contributed by atoms with Gasteiger partial charge in [-0.2, -0.15) is 5.26 Å². The van der Waals surface area contributed by atoms with E-state index >= 15 is 0 Å². The number of nitrogens with zero attached hydrogens (tertiary/aromatic N) is 3. The zero-order valence-corrected chi connectivity index (χ0v) is 21.6. The van der Waals surface area contributed by atoms with Gasteiger partial charge in [0.1, 0.15) is 23.6 Å². The third kappa shape index (κ3) is 4.10. The van der Waals surface area contributed by atoms with Gasteiger partial charge in [-0.1, -0.05) is 38.1 Å². The van der Waals surface area contributed by atoms with Gasteiger partial charge >= 0.3 is 0 Å². The van der Waals surface area contributed by atoms with Crippen LogP contribution in [0.5, 0.6) is 0 Å². The zero-order valence-electron chi connectivity index (χ0n) is 21.6. The largest absolute Gasteiger partial charge is 0.350 e. The van der Waals surface area contributed by atoms with Crippen molar-refractivity contribution in [1.29, 1.82) is 5.26 Å². The van der Waals surface area contributed by atoms with Crippen LogP contribution in [-0.4, -0.2) is 58.2 Å². The Bertz CT molecular complexity index is 1470. The molecule has 2 aliphatic rings. The summed E-state index contributed by atoms with van der Waals surface area (Å²) in [6, 6.07) is 13.9. The Morgan fingerprint density at radius 1 is 1.21 bits per heavy atom. The second-order valence-electron chi connectivity index (χ2n) is 10.7. The zero-order chi connectivity index (χ0) is 27.2. The van der Waals surface area contributed by atoms with Crippen molar-refractivity contribution in [2.75, 3.05) is 18.9 Å². The second-order valence-corrected chi connectivity index (χ2v) is 10.7. The minimum Gasteiger partial charge on any atom is -0.350 e. The van der Waals surface area contributed by atoms with E-state index in [1.165, 1.54) is 21.9 Å². The first-order valence-corrected chi connectivity index (χ1v) is 12.8. The average molecular weight is 516 g/mol. The van der Waals surface area contributed by atoms with E-state index in [2.05, 4.69) is 16.4 Å². The standard InChI is InChI=1S/C29H30FN5O3/c1-17(2)11-12-25(34(3)26(36)24-13-19-21(30)8-6-10-22(19)32-24)27(37)35-16-29(14-18(35)15-31)20-7-4-5-9-23(20)33-28(29)38/h4-10,13,17-18,25,32H,11-12,14,16H2,1-3H3,(H,33,38)/t18-,25-,29-/m0/s1. The van der Waals surface area contributed by atoms with Crippen LogP contribution in [0.1, 0.15) is 49.2 Å². The third-order valence-electron chi connectivity index (χ3n) is 7.85. The molecule has 0 saturated carbocycles. The molecule has 2 aliphatic heterocycles. The minimum atomic E-state index is -1.01. The van der Waals surface area contributed by atoms with Crippen LogP contribution in [-0.2, 0) is 15.0 Å². The van der Waals surface area contributed by atoms with Crippen LogP contribution in [0, 0.1) is 23.1 Å². The Hall–Kier alpha value is -4.19. The van der Waals surface area contributed by atoms with Gasteiger partial charge in [0.05, 0.1) is 11.5 Å². The SMILES string of the molecule is CC(C)CC[C@@H](C(=O)N1C[C@]2(C[C@H]1C#N)C(=O)Nc1ccccc12)N(C)C(=O)c1cc2c(F)cccc2[nH]1. The summed E-state index contributed by atoms with van der Waals surface area (Å²) < 4.78 is 14.3. The number of rotatable bonds is 6. The fraction of sp³-hybridized carbons (Fsp3) is 0.379. The van der Waals surface area contributed by atoms with Crippen LogP contribution in [0.4, 0.5) is 10.1 Å². The lowest BCUT2D eigenvalue weighted by Crippen LogP contribution is -2.51. The van der Waals surface area contributed by atoms with Crippen molar-refractivity contribution in [2.45, 2.75) is 50.6 Å². The fourth-order valence-electron chi connectivity index (χ4n) is 5.72. The van der Waals surface area contributed by atoms with Gasteiger partial charge in [0.25, 0.3) is 5.91 Å². The number of fused-ring (bicyclic) bond motifs is 3. The van der Waals surface area contributed by atoms with Crippen molar-refractivity contribution < 1.29 is 18.8 Å². The summed E-state index contributed by atoms with van der Waals surface area (Å²) in [5.74, 6) is -1.21. The van der Waals surface area contributed by atoms with E-state index in [0.29, 0.717) is 29.4 Å². The summed E-state index contributed by atoms with van der Waals surface area (Å²) >= 11 is 0. The monoisotopic (exact) mass is 515 g/mol. The molecule has 1 spiro atoms. The van der Waals surface area contributed by atoms with E-state index in [-0.39, 0.29) is 36.4 Å². The number of amides is 3. The summed E-state index contributed by atoms with van der Waals surface area (Å²) in [5, 5.41) is 13.2. The number of carbonyl (C=O) groups is 3. The van der Waals surface area contributed by atoms with Gasteiger partial charge in [-0.15, -0.1) is 0 Å². The predicted molar refractivity (Wildman–Crippen MR) is 141 cm³/mol. The topological polar surface area (TPSA) is 109 Å². The molecule has 38 heavy (non-hydrogen) atoms. The number of hydrogen-bond acceptors (Lipinski definition) is 4. The Morgan fingerprint density at radius 3 is 2.68 bits per heavy atom. The number of carbonyl (C=O) groups excluding carboxylic acids is 3. The van der Waals surface area contributed by atoms with E-state index in [1.807, 2.05) is 38.1 Å². The molecule has 1 fully saturated rings. The van der Waals surface area contributed by atoms with Crippen LogP contribution in [0.2, 0.25) is 0 Å². The first-order chi connectivity index (χ1) is 18.2. The van der Waals surface area contributed by atoms with Gasteiger partial charge in [0.15, 0.2) is 0 Å². The molecule has 9 heteroatoms. The lowest BCUT2D eigenvalue weighted by atomic mass is 9.80. The van der Waals surface area contributed by atoms with Crippen molar-refractivity contribution >= 4 is 34.3 Å². The number of likely N-dealkylation sites (tertiary alicyclic amines) is 1. The quantitative estimate of drug-likeness (QED) is 0.513. The molecule has 2 N–H and O–H groups in total. The maximum atomic E-state index is 14.3. The molecule has 8 nitrogen and oxygen atoms in total. The second kappa shape index (κ2) is 9.60. The number of likely N-dealkylation sites (N-methyl/N-ethyl adjacent to an activating group) is 1. The van der Waals surface area contributed by atoms with Gasteiger partial charge in [0, 0.05) is 36.6 Å². The number of nitriles is 1. The molecule has 1 saturated heterocycles. The third-order valence-corrected chi connectivity index (χ3v) is 7.85. The molecule has 2 aromatic carbocycles. The molecule has 0 unspecified atom stereocenters. The van der Waals surface area contributed by atoms with E-state index in [1.54, 1.807) is 19.2 Å². The highest BCUT2D eigenvalue weighted by Crippen LogP contribution is 2.46. The minimum absolute atomic E-state index is 0.0602. The summed E-state index contributed by atoms with van der Waals surface area (Å²) in [6.45, 7) is 4.13. The summed E-state index contributed by atoms with van der Waals surface area (Å²) in [4.78, 5) is 46.5. The number of benzene rings is 2. The maximum Gasteiger partial charge on any atom is 0.270 e. The average Bonchev–Trinajstić information content (AvgIpc) is 3.58. The van der Waals surface area contributed by atoms with Crippen LogP contribution in [0.3, 0.4) is 0 Å². The summed E-state index contributed by atoms with van der Waals surface area (Å²) in [7, 11) is 1.55. The predicted octanol–water partition coefficient (Wildman–Crippen LogP) is 4.20. The van der Waals surface area contributed by atoms with Gasteiger partial charge in [-0.3, -0.25) is 14.4 Å². The van der Waals surface area contributed by atoms with Gasteiger partial charge in [0.2, 0.25) is 11.8 Å². The van der Waals surface area contributed by atoms with Crippen molar-refractivity contribution in [2.24, 2.45) is 5.92 Å². The highest BCUT2D eigenvalue weighted by molar-refractivity contribution is 6.07. The summed E-state index contributed by atoms with van der Waals surface area (Å²) in [6.07, 6.45) is 1.25. The highest BCUT2D eigenvalue weighted by Gasteiger charge is 2.56. The van der Waals surface area contributed by atoms with Crippen LogP contribution in [0.15, 0.2) is 48.5 Å².